The minimum absolute atomic E-state index is 0.102. The normalized spacial score (nSPS) is 25.8. The standard InChI is InChI=1S/C12H22N2O2/c1-4-9(3)12(15)14-7-6-11(13-16)10(5-2)8-14/h9-10,16H,4-8H2,1-3H3. The molecule has 4 nitrogen and oxygen atoms in total. The first-order chi connectivity index (χ1) is 7.63. The van der Waals surface area contributed by atoms with E-state index in [1.165, 1.54) is 0 Å². The number of amides is 1. The second-order valence-corrected chi connectivity index (χ2v) is 4.54. The van der Waals surface area contributed by atoms with Gasteiger partial charge in [-0.15, -0.1) is 0 Å². The molecule has 0 aromatic rings. The molecular formula is C12H22N2O2. The fraction of sp³-hybridized carbons (Fsp3) is 0.833. The molecule has 0 spiro atoms. The summed E-state index contributed by atoms with van der Waals surface area (Å²) in [4.78, 5) is 13.9. The lowest BCUT2D eigenvalue weighted by molar-refractivity contribution is -0.135. The van der Waals surface area contributed by atoms with Crippen molar-refractivity contribution in [3.63, 3.8) is 0 Å². The lowest BCUT2D eigenvalue weighted by atomic mass is 9.92. The van der Waals surface area contributed by atoms with Gasteiger partial charge in [-0.3, -0.25) is 4.79 Å². The molecule has 16 heavy (non-hydrogen) atoms. The Hall–Kier alpha value is -1.06. The molecule has 1 fully saturated rings. The van der Waals surface area contributed by atoms with Gasteiger partial charge in [0, 0.05) is 31.3 Å². The Morgan fingerprint density at radius 1 is 1.62 bits per heavy atom. The quantitative estimate of drug-likeness (QED) is 0.592. The first-order valence-electron chi connectivity index (χ1n) is 6.13. The number of carbonyl (C=O) groups excluding carboxylic acids is 1. The predicted molar refractivity (Wildman–Crippen MR) is 63.7 cm³/mol. The van der Waals surface area contributed by atoms with Crippen LogP contribution in [0.15, 0.2) is 5.16 Å². The second-order valence-electron chi connectivity index (χ2n) is 4.54. The van der Waals surface area contributed by atoms with Crippen LogP contribution < -0.4 is 0 Å². The van der Waals surface area contributed by atoms with E-state index in [2.05, 4.69) is 12.1 Å². The number of hydrogen-bond acceptors (Lipinski definition) is 3. The van der Waals surface area contributed by atoms with Crippen LogP contribution in [0, 0.1) is 11.8 Å². The number of rotatable bonds is 3. The first-order valence-corrected chi connectivity index (χ1v) is 6.13. The predicted octanol–water partition coefficient (Wildman–Crippen LogP) is 2.12. The minimum Gasteiger partial charge on any atom is -0.411 e. The van der Waals surface area contributed by atoms with Crippen molar-refractivity contribution in [2.45, 2.75) is 40.0 Å². The van der Waals surface area contributed by atoms with Crippen LogP contribution in [0.2, 0.25) is 0 Å². The third-order valence-corrected chi connectivity index (χ3v) is 3.52. The van der Waals surface area contributed by atoms with Gasteiger partial charge in [0.25, 0.3) is 0 Å². The van der Waals surface area contributed by atoms with Gasteiger partial charge in [-0.25, -0.2) is 0 Å². The van der Waals surface area contributed by atoms with Crippen molar-refractivity contribution in [3.05, 3.63) is 0 Å². The topological polar surface area (TPSA) is 52.9 Å². The molecule has 0 radical (unpaired) electrons. The van der Waals surface area contributed by atoms with Crippen LogP contribution in [0.5, 0.6) is 0 Å². The number of oxime groups is 1. The lowest BCUT2D eigenvalue weighted by Gasteiger charge is -2.34. The van der Waals surface area contributed by atoms with Crippen molar-refractivity contribution in [1.82, 2.24) is 4.90 Å². The van der Waals surface area contributed by atoms with Gasteiger partial charge < -0.3 is 10.1 Å². The average molecular weight is 226 g/mol. The number of likely N-dealkylation sites (tertiary alicyclic amines) is 1. The summed E-state index contributed by atoms with van der Waals surface area (Å²) >= 11 is 0. The van der Waals surface area contributed by atoms with E-state index in [1.807, 2.05) is 18.7 Å². The van der Waals surface area contributed by atoms with Gasteiger partial charge in [-0.2, -0.15) is 0 Å². The van der Waals surface area contributed by atoms with Gasteiger partial charge in [-0.1, -0.05) is 25.9 Å². The van der Waals surface area contributed by atoms with E-state index < -0.39 is 0 Å². The largest absolute Gasteiger partial charge is 0.411 e. The zero-order valence-electron chi connectivity index (χ0n) is 10.4. The molecule has 1 amide bonds. The summed E-state index contributed by atoms with van der Waals surface area (Å²) in [6.07, 6.45) is 2.51. The fourth-order valence-corrected chi connectivity index (χ4v) is 2.10. The summed E-state index contributed by atoms with van der Waals surface area (Å²) in [5.74, 6) is 0.565. The summed E-state index contributed by atoms with van der Waals surface area (Å²) in [7, 11) is 0. The zero-order chi connectivity index (χ0) is 12.1. The molecule has 2 unspecified atom stereocenters. The molecule has 0 bridgehead atoms. The highest BCUT2D eigenvalue weighted by Crippen LogP contribution is 2.19. The number of carbonyl (C=O) groups is 1. The number of nitrogens with zero attached hydrogens (tertiary/aromatic N) is 2. The second kappa shape index (κ2) is 5.87. The Morgan fingerprint density at radius 3 is 2.81 bits per heavy atom. The van der Waals surface area contributed by atoms with E-state index in [4.69, 9.17) is 5.21 Å². The van der Waals surface area contributed by atoms with Gasteiger partial charge in [0.1, 0.15) is 0 Å². The van der Waals surface area contributed by atoms with E-state index in [0.29, 0.717) is 19.5 Å². The van der Waals surface area contributed by atoms with Crippen LogP contribution in [0.4, 0.5) is 0 Å². The maximum atomic E-state index is 12.0. The number of hydrogen-bond donors (Lipinski definition) is 1. The average Bonchev–Trinajstić information content (AvgIpc) is 2.35. The Morgan fingerprint density at radius 2 is 2.31 bits per heavy atom. The van der Waals surface area contributed by atoms with Crippen molar-refractivity contribution >= 4 is 11.6 Å². The van der Waals surface area contributed by atoms with Crippen LogP contribution in [-0.2, 0) is 4.79 Å². The molecule has 1 heterocycles. The van der Waals surface area contributed by atoms with Crippen molar-refractivity contribution in [1.29, 1.82) is 0 Å². The van der Waals surface area contributed by atoms with E-state index in [1.54, 1.807) is 0 Å². The smallest absolute Gasteiger partial charge is 0.225 e. The maximum absolute atomic E-state index is 12.0. The molecule has 0 aromatic carbocycles. The molecular weight excluding hydrogens is 204 g/mol. The van der Waals surface area contributed by atoms with Gasteiger partial charge in [-0.05, 0) is 12.8 Å². The molecule has 1 aliphatic rings. The van der Waals surface area contributed by atoms with Gasteiger partial charge >= 0.3 is 0 Å². The van der Waals surface area contributed by atoms with Gasteiger partial charge in [0.15, 0.2) is 0 Å². The molecule has 2 atom stereocenters. The van der Waals surface area contributed by atoms with Crippen molar-refractivity contribution in [2.75, 3.05) is 13.1 Å². The highest BCUT2D eigenvalue weighted by atomic mass is 16.4. The monoisotopic (exact) mass is 226 g/mol. The van der Waals surface area contributed by atoms with E-state index in [-0.39, 0.29) is 17.7 Å². The van der Waals surface area contributed by atoms with Crippen molar-refractivity contribution in [2.24, 2.45) is 17.0 Å². The summed E-state index contributed by atoms with van der Waals surface area (Å²) in [5, 5.41) is 12.2. The molecule has 0 aliphatic carbocycles. The Kier molecular flexibility index (Phi) is 4.77. The van der Waals surface area contributed by atoms with Gasteiger partial charge in [0.2, 0.25) is 5.91 Å². The van der Waals surface area contributed by atoms with Crippen LogP contribution in [-0.4, -0.2) is 34.8 Å². The third-order valence-electron chi connectivity index (χ3n) is 3.52. The Bertz CT molecular complexity index is 276. The fourth-order valence-electron chi connectivity index (χ4n) is 2.10. The van der Waals surface area contributed by atoms with Gasteiger partial charge in [0.05, 0.1) is 5.71 Å². The molecule has 1 rings (SSSR count). The highest BCUT2D eigenvalue weighted by molar-refractivity contribution is 5.89. The molecule has 0 aromatic heterocycles. The summed E-state index contributed by atoms with van der Waals surface area (Å²) in [6, 6.07) is 0. The van der Waals surface area contributed by atoms with Crippen LogP contribution >= 0.6 is 0 Å². The third kappa shape index (κ3) is 2.74. The summed E-state index contributed by atoms with van der Waals surface area (Å²) in [5.41, 5.74) is 0.843. The molecule has 1 N–H and O–H groups in total. The number of piperidine rings is 1. The maximum Gasteiger partial charge on any atom is 0.225 e. The van der Waals surface area contributed by atoms with E-state index >= 15 is 0 Å². The molecule has 1 aliphatic heterocycles. The summed E-state index contributed by atoms with van der Waals surface area (Å²) < 4.78 is 0. The van der Waals surface area contributed by atoms with Crippen molar-refractivity contribution < 1.29 is 10.0 Å². The molecule has 4 heteroatoms. The van der Waals surface area contributed by atoms with E-state index in [0.717, 1.165) is 18.6 Å². The van der Waals surface area contributed by atoms with Crippen LogP contribution in [0.1, 0.15) is 40.0 Å². The highest BCUT2D eigenvalue weighted by Gasteiger charge is 2.29. The zero-order valence-corrected chi connectivity index (χ0v) is 10.4. The van der Waals surface area contributed by atoms with Crippen LogP contribution in [0.3, 0.4) is 0 Å². The first kappa shape index (κ1) is 13.0. The Labute approximate surface area is 97.3 Å². The van der Waals surface area contributed by atoms with Crippen molar-refractivity contribution in [3.8, 4) is 0 Å². The minimum atomic E-state index is 0.102. The molecule has 0 saturated carbocycles. The Balaban J connectivity index is 2.64. The SMILES string of the molecule is CCC(C)C(=O)N1CCC(=NO)C(CC)C1. The lowest BCUT2D eigenvalue weighted by Crippen LogP contribution is -2.45. The van der Waals surface area contributed by atoms with Crippen LogP contribution in [0.25, 0.3) is 0 Å². The molecule has 92 valence electrons. The molecule has 1 saturated heterocycles. The van der Waals surface area contributed by atoms with E-state index in [9.17, 15) is 4.79 Å². The summed E-state index contributed by atoms with van der Waals surface area (Å²) in [6.45, 7) is 7.47.